The Kier molecular flexibility index (Phi) is 4.52. The fraction of sp³-hybridized carbons (Fsp3) is 0.368. The molecule has 3 aromatic rings. The third-order valence-corrected chi connectivity index (χ3v) is 4.77. The summed E-state index contributed by atoms with van der Waals surface area (Å²) in [6, 6.07) is 6.22. The van der Waals surface area contributed by atoms with Gasteiger partial charge in [-0.05, 0) is 43.0 Å². The second kappa shape index (κ2) is 7.11. The Morgan fingerprint density at radius 2 is 2.16 bits per heavy atom. The van der Waals surface area contributed by atoms with E-state index in [0.29, 0.717) is 5.92 Å². The average molecular weight is 334 g/mol. The minimum absolute atomic E-state index is 0.640. The van der Waals surface area contributed by atoms with Crippen molar-refractivity contribution in [1.29, 1.82) is 0 Å². The average Bonchev–Trinajstić information content (AvgIpc) is 3.25. The number of pyridine rings is 1. The van der Waals surface area contributed by atoms with Crippen LogP contribution in [0.4, 0.5) is 0 Å². The van der Waals surface area contributed by atoms with E-state index in [1.807, 2.05) is 36.3 Å². The van der Waals surface area contributed by atoms with Crippen LogP contribution in [0.15, 0.2) is 49.3 Å². The molecule has 0 aromatic carbocycles. The Labute approximate surface area is 147 Å². The largest absolute Gasteiger partial charge is 0.333 e. The molecule has 128 valence electrons. The lowest BCUT2D eigenvalue weighted by Gasteiger charge is -2.15. The van der Waals surface area contributed by atoms with Gasteiger partial charge in [0.1, 0.15) is 12.0 Å². The monoisotopic (exact) mass is 334 g/mol. The molecule has 6 heteroatoms. The van der Waals surface area contributed by atoms with E-state index in [9.17, 15) is 0 Å². The molecule has 1 saturated heterocycles. The minimum Gasteiger partial charge on any atom is -0.333 e. The van der Waals surface area contributed by atoms with Gasteiger partial charge in [-0.3, -0.25) is 9.88 Å². The van der Waals surface area contributed by atoms with E-state index in [1.54, 1.807) is 12.5 Å². The van der Waals surface area contributed by atoms with Gasteiger partial charge in [-0.25, -0.2) is 15.0 Å². The van der Waals surface area contributed by atoms with Crippen LogP contribution in [0.1, 0.15) is 17.7 Å². The summed E-state index contributed by atoms with van der Waals surface area (Å²) in [5, 5.41) is 0. The summed E-state index contributed by atoms with van der Waals surface area (Å²) in [6.07, 6.45) is 11.4. The fourth-order valence-corrected chi connectivity index (χ4v) is 3.51. The molecular weight excluding hydrogens is 312 g/mol. The molecule has 4 heterocycles. The van der Waals surface area contributed by atoms with Crippen molar-refractivity contribution < 1.29 is 0 Å². The van der Waals surface area contributed by atoms with E-state index in [1.165, 1.54) is 12.0 Å². The number of hydrogen-bond donors (Lipinski definition) is 0. The molecule has 0 N–H and O–H groups in total. The van der Waals surface area contributed by atoms with Crippen molar-refractivity contribution >= 4 is 0 Å². The molecule has 4 rings (SSSR count). The van der Waals surface area contributed by atoms with Gasteiger partial charge < -0.3 is 4.57 Å². The molecule has 0 saturated carbocycles. The number of nitrogens with zero attached hydrogens (tertiary/aromatic N) is 6. The second-order valence-corrected chi connectivity index (χ2v) is 6.71. The summed E-state index contributed by atoms with van der Waals surface area (Å²) in [5.74, 6) is 1.52. The van der Waals surface area contributed by atoms with Crippen molar-refractivity contribution in [2.24, 2.45) is 13.0 Å². The summed E-state index contributed by atoms with van der Waals surface area (Å²) in [5.41, 5.74) is 3.27. The SMILES string of the molecule is Cn1ccnc1-c1cc(C[C@H]2CCN(Cc3cccnc3)C2)ncn1. The molecule has 0 amide bonds. The zero-order valence-electron chi connectivity index (χ0n) is 14.4. The van der Waals surface area contributed by atoms with Crippen LogP contribution in [0.5, 0.6) is 0 Å². The summed E-state index contributed by atoms with van der Waals surface area (Å²) in [6.45, 7) is 3.22. The molecule has 1 fully saturated rings. The summed E-state index contributed by atoms with van der Waals surface area (Å²) < 4.78 is 1.98. The first kappa shape index (κ1) is 15.9. The molecule has 3 aromatic heterocycles. The Balaban J connectivity index is 1.39. The highest BCUT2D eigenvalue weighted by Gasteiger charge is 2.23. The van der Waals surface area contributed by atoms with Crippen LogP contribution in [-0.2, 0) is 20.0 Å². The molecule has 6 nitrogen and oxygen atoms in total. The Morgan fingerprint density at radius 3 is 2.96 bits per heavy atom. The first-order chi connectivity index (χ1) is 12.3. The van der Waals surface area contributed by atoms with Gasteiger partial charge in [-0.2, -0.15) is 0 Å². The lowest BCUT2D eigenvalue weighted by Crippen LogP contribution is -2.20. The van der Waals surface area contributed by atoms with Crippen molar-refractivity contribution in [1.82, 2.24) is 29.4 Å². The fourth-order valence-electron chi connectivity index (χ4n) is 3.51. The van der Waals surface area contributed by atoms with E-state index < -0.39 is 0 Å². The second-order valence-electron chi connectivity index (χ2n) is 6.71. The number of aryl methyl sites for hydroxylation is 1. The molecule has 0 spiro atoms. The van der Waals surface area contributed by atoms with Crippen LogP contribution >= 0.6 is 0 Å². The number of rotatable bonds is 5. The molecular formula is C19H22N6. The van der Waals surface area contributed by atoms with Crippen molar-refractivity contribution in [3.8, 4) is 11.5 Å². The van der Waals surface area contributed by atoms with Crippen molar-refractivity contribution in [2.75, 3.05) is 13.1 Å². The zero-order chi connectivity index (χ0) is 17.1. The van der Waals surface area contributed by atoms with Gasteiger partial charge >= 0.3 is 0 Å². The van der Waals surface area contributed by atoms with Crippen LogP contribution in [0.25, 0.3) is 11.5 Å². The summed E-state index contributed by atoms with van der Waals surface area (Å²) in [7, 11) is 1.98. The van der Waals surface area contributed by atoms with E-state index in [4.69, 9.17) is 0 Å². The first-order valence-electron chi connectivity index (χ1n) is 8.68. The van der Waals surface area contributed by atoms with Crippen LogP contribution in [-0.4, -0.2) is 42.5 Å². The minimum atomic E-state index is 0.640. The van der Waals surface area contributed by atoms with Gasteiger partial charge in [0.25, 0.3) is 0 Å². The van der Waals surface area contributed by atoms with Gasteiger partial charge in [0.15, 0.2) is 5.82 Å². The smallest absolute Gasteiger partial charge is 0.158 e. The molecule has 1 aliphatic rings. The zero-order valence-corrected chi connectivity index (χ0v) is 14.4. The van der Waals surface area contributed by atoms with Gasteiger partial charge in [-0.1, -0.05) is 6.07 Å². The van der Waals surface area contributed by atoms with E-state index in [-0.39, 0.29) is 0 Å². The lowest BCUT2D eigenvalue weighted by atomic mass is 10.0. The molecule has 25 heavy (non-hydrogen) atoms. The Bertz CT molecular complexity index is 829. The molecule has 0 radical (unpaired) electrons. The van der Waals surface area contributed by atoms with Gasteiger partial charge in [0.2, 0.25) is 0 Å². The van der Waals surface area contributed by atoms with E-state index in [2.05, 4.69) is 37.0 Å². The number of likely N-dealkylation sites (tertiary alicyclic amines) is 1. The maximum atomic E-state index is 4.47. The highest BCUT2D eigenvalue weighted by Crippen LogP contribution is 2.23. The Morgan fingerprint density at radius 1 is 1.20 bits per heavy atom. The highest BCUT2D eigenvalue weighted by molar-refractivity contribution is 5.49. The van der Waals surface area contributed by atoms with E-state index in [0.717, 1.165) is 43.3 Å². The van der Waals surface area contributed by atoms with Crippen LogP contribution in [0, 0.1) is 5.92 Å². The number of imidazole rings is 1. The molecule has 0 unspecified atom stereocenters. The molecule has 1 atom stereocenters. The molecule has 0 bridgehead atoms. The topological polar surface area (TPSA) is 59.7 Å². The summed E-state index contributed by atoms with van der Waals surface area (Å²) >= 11 is 0. The van der Waals surface area contributed by atoms with Crippen LogP contribution < -0.4 is 0 Å². The van der Waals surface area contributed by atoms with E-state index >= 15 is 0 Å². The predicted octanol–water partition coefficient (Wildman–Crippen LogP) is 2.34. The van der Waals surface area contributed by atoms with Crippen molar-refractivity contribution in [2.45, 2.75) is 19.4 Å². The number of aromatic nitrogens is 5. The van der Waals surface area contributed by atoms with Gasteiger partial charge in [0.05, 0.1) is 0 Å². The van der Waals surface area contributed by atoms with Gasteiger partial charge in [-0.15, -0.1) is 0 Å². The Hall–Kier alpha value is -2.60. The third kappa shape index (κ3) is 3.74. The van der Waals surface area contributed by atoms with Crippen LogP contribution in [0.3, 0.4) is 0 Å². The highest BCUT2D eigenvalue weighted by atomic mass is 15.1. The standard InChI is InChI=1S/C19H22N6/c1-24-8-6-21-19(24)18-10-17(22-14-23-18)9-15-4-7-25(12-15)13-16-3-2-5-20-11-16/h2-3,5-6,8,10-11,14-15H,4,7,9,12-13H2,1H3/t15-/m1/s1. The maximum absolute atomic E-state index is 4.47. The normalized spacial score (nSPS) is 17.9. The van der Waals surface area contributed by atoms with Crippen LogP contribution in [0.2, 0.25) is 0 Å². The maximum Gasteiger partial charge on any atom is 0.158 e. The third-order valence-electron chi connectivity index (χ3n) is 4.77. The molecule has 0 aliphatic carbocycles. The predicted molar refractivity (Wildman–Crippen MR) is 95.6 cm³/mol. The molecule has 1 aliphatic heterocycles. The van der Waals surface area contributed by atoms with Crippen molar-refractivity contribution in [3.63, 3.8) is 0 Å². The number of hydrogen-bond acceptors (Lipinski definition) is 5. The quantitative estimate of drug-likeness (QED) is 0.717. The summed E-state index contributed by atoms with van der Waals surface area (Å²) in [4.78, 5) is 19.9. The first-order valence-corrected chi connectivity index (χ1v) is 8.68. The van der Waals surface area contributed by atoms with Gasteiger partial charge in [0, 0.05) is 50.6 Å². The lowest BCUT2D eigenvalue weighted by molar-refractivity contribution is 0.315. The van der Waals surface area contributed by atoms with Crippen molar-refractivity contribution in [3.05, 3.63) is 60.6 Å².